The van der Waals surface area contributed by atoms with E-state index in [1.54, 1.807) is 0 Å². The normalized spacial score (nSPS) is 22.3. The number of fused-ring (bicyclic) bond motifs is 1. The zero-order valence-electron chi connectivity index (χ0n) is 15.0. The Kier molecular flexibility index (Phi) is 4.48. The van der Waals surface area contributed by atoms with Crippen LogP contribution in [0.5, 0.6) is 0 Å². The maximum absolute atomic E-state index is 13.3. The maximum Gasteiger partial charge on any atom is 0.254 e. The van der Waals surface area contributed by atoms with Crippen molar-refractivity contribution >= 4 is 28.0 Å². The molecule has 1 aromatic carbocycles. The molecule has 1 aromatic heterocycles. The summed E-state index contributed by atoms with van der Waals surface area (Å²) in [6, 6.07) is 11.6. The molecule has 0 aliphatic heterocycles. The number of carbonyl (C=O) groups is 2. The summed E-state index contributed by atoms with van der Waals surface area (Å²) >= 11 is 1.14. The van der Waals surface area contributed by atoms with E-state index in [0.717, 1.165) is 37.0 Å². The lowest BCUT2D eigenvalue weighted by molar-refractivity contribution is 0.0908. The van der Waals surface area contributed by atoms with Crippen molar-refractivity contribution in [1.82, 2.24) is 5.32 Å². The van der Waals surface area contributed by atoms with E-state index in [-0.39, 0.29) is 17.7 Å². The Bertz CT molecular complexity index is 938. The van der Waals surface area contributed by atoms with Crippen LogP contribution in [0.3, 0.4) is 0 Å². The molecule has 27 heavy (non-hydrogen) atoms. The summed E-state index contributed by atoms with van der Waals surface area (Å²) < 4.78 is 0. The van der Waals surface area contributed by atoms with Gasteiger partial charge in [-0.1, -0.05) is 43.2 Å². The van der Waals surface area contributed by atoms with Crippen LogP contribution in [0.4, 0.5) is 5.00 Å². The predicted octanol–water partition coefficient (Wildman–Crippen LogP) is 3.59. The molecule has 2 aliphatic rings. The van der Waals surface area contributed by atoms with Crippen molar-refractivity contribution in [3.63, 3.8) is 0 Å². The molecular weight excluding hydrogens is 358 g/mol. The number of benzene rings is 1. The van der Waals surface area contributed by atoms with Crippen LogP contribution in [0.2, 0.25) is 0 Å². The third-order valence-electron chi connectivity index (χ3n) is 5.75. The molecule has 0 radical (unpaired) electrons. The first kappa shape index (κ1) is 17.7. The Morgan fingerprint density at radius 3 is 2.63 bits per heavy atom. The summed E-state index contributed by atoms with van der Waals surface area (Å²) in [5.74, 6) is -0.428. The zero-order chi connectivity index (χ0) is 19.0. The fourth-order valence-corrected chi connectivity index (χ4v) is 5.40. The predicted molar refractivity (Wildman–Crippen MR) is 105 cm³/mol. The van der Waals surface area contributed by atoms with Crippen molar-refractivity contribution in [3.05, 3.63) is 51.9 Å². The third kappa shape index (κ3) is 2.83. The first-order valence-corrected chi connectivity index (χ1v) is 10.1. The van der Waals surface area contributed by atoms with Crippen LogP contribution in [0.15, 0.2) is 30.3 Å². The van der Waals surface area contributed by atoms with Gasteiger partial charge in [-0.05, 0) is 36.8 Å². The van der Waals surface area contributed by atoms with E-state index >= 15 is 0 Å². The van der Waals surface area contributed by atoms with Gasteiger partial charge in [0.2, 0.25) is 0 Å². The molecule has 4 rings (SSSR count). The van der Waals surface area contributed by atoms with Gasteiger partial charge in [-0.15, -0.1) is 11.3 Å². The molecule has 1 fully saturated rings. The molecule has 2 aliphatic carbocycles. The molecule has 1 amide bonds. The number of nitrogen functional groups attached to an aromatic ring is 1. The number of ketones is 1. The SMILES string of the molecule is N#CC1(c2ccccc2)CCc2c(sc(N)c2C(=O)NC2CCCC2)C1=O. The quantitative estimate of drug-likeness (QED) is 0.852. The standard InChI is InChI=1S/C21H21N3O2S/c22-12-21(13-6-2-1-3-7-13)11-10-15-16(19(23)27-17(15)18(21)25)20(26)24-14-8-4-5-9-14/h1-3,6-7,14H,4-5,8-11,23H2,(H,24,26). The topological polar surface area (TPSA) is 96.0 Å². The maximum atomic E-state index is 13.3. The average molecular weight is 379 g/mol. The van der Waals surface area contributed by atoms with Gasteiger partial charge in [0.05, 0.1) is 21.5 Å². The molecule has 0 spiro atoms. The zero-order valence-corrected chi connectivity index (χ0v) is 15.8. The van der Waals surface area contributed by atoms with Gasteiger partial charge in [0.15, 0.2) is 5.78 Å². The number of nitrogens with zero attached hydrogens (tertiary/aromatic N) is 1. The van der Waals surface area contributed by atoms with Gasteiger partial charge in [-0.3, -0.25) is 9.59 Å². The summed E-state index contributed by atoms with van der Waals surface area (Å²) in [6.07, 6.45) is 5.08. The van der Waals surface area contributed by atoms with E-state index in [1.165, 1.54) is 0 Å². The number of Topliss-reactive ketones (excluding diaryl/α,β-unsaturated/α-hetero) is 1. The minimum absolute atomic E-state index is 0.186. The molecule has 3 N–H and O–H groups in total. The fourth-order valence-electron chi connectivity index (χ4n) is 4.27. The van der Waals surface area contributed by atoms with Gasteiger partial charge in [-0.25, -0.2) is 0 Å². The molecule has 1 unspecified atom stereocenters. The number of hydrogen-bond donors (Lipinski definition) is 2. The highest BCUT2D eigenvalue weighted by Crippen LogP contribution is 2.44. The molecule has 2 aromatic rings. The largest absolute Gasteiger partial charge is 0.390 e. The molecular formula is C21H21N3O2S. The van der Waals surface area contributed by atoms with E-state index in [1.807, 2.05) is 30.3 Å². The van der Waals surface area contributed by atoms with E-state index in [2.05, 4.69) is 11.4 Å². The van der Waals surface area contributed by atoms with Crippen LogP contribution in [0.25, 0.3) is 0 Å². The monoisotopic (exact) mass is 379 g/mol. The third-order valence-corrected chi connectivity index (χ3v) is 6.81. The van der Waals surface area contributed by atoms with Crippen molar-refractivity contribution in [2.45, 2.75) is 50.0 Å². The fraction of sp³-hybridized carbons (Fsp3) is 0.381. The molecule has 6 heteroatoms. The highest BCUT2D eigenvalue weighted by atomic mass is 32.1. The smallest absolute Gasteiger partial charge is 0.254 e. The number of nitriles is 1. The van der Waals surface area contributed by atoms with Crippen molar-refractivity contribution in [1.29, 1.82) is 5.26 Å². The Morgan fingerprint density at radius 1 is 1.26 bits per heavy atom. The molecule has 0 bridgehead atoms. The lowest BCUT2D eigenvalue weighted by Crippen LogP contribution is -2.39. The summed E-state index contributed by atoms with van der Waals surface area (Å²) in [5.41, 5.74) is 6.79. The van der Waals surface area contributed by atoms with E-state index in [0.29, 0.717) is 39.4 Å². The number of amides is 1. The number of rotatable bonds is 3. The average Bonchev–Trinajstić information content (AvgIpc) is 3.30. The Hall–Kier alpha value is -2.65. The minimum atomic E-state index is -1.20. The molecule has 0 saturated heterocycles. The number of nitrogens with one attached hydrogen (secondary N) is 1. The molecule has 1 heterocycles. The van der Waals surface area contributed by atoms with Crippen molar-refractivity contribution in [3.8, 4) is 6.07 Å². The van der Waals surface area contributed by atoms with Gasteiger partial charge in [0, 0.05) is 6.04 Å². The van der Waals surface area contributed by atoms with Crippen LogP contribution < -0.4 is 11.1 Å². The number of nitrogens with two attached hydrogens (primary N) is 1. The van der Waals surface area contributed by atoms with Crippen molar-refractivity contribution in [2.24, 2.45) is 0 Å². The lowest BCUT2D eigenvalue weighted by atomic mass is 9.69. The summed E-state index contributed by atoms with van der Waals surface area (Å²) in [5, 5.41) is 13.3. The first-order valence-electron chi connectivity index (χ1n) is 9.30. The second kappa shape index (κ2) is 6.82. The first-order chi connectivity index (χ1) is 13.1. The summed E-state index contributed by atoms with van der Waals surface area (Å²) in [6.45, 7) is 0. The summed E-state index contributed by atoms with van der Waals surface area (Å²) in [4.78, 5) is 26.6. The number of hydrogen-bond acceptors (Lipinski definition) is 5. The minimum Gasteiger partial charge on any atom is -0.390 e. The van der Waals surface area contributed by atoms with Crippen molar-refractivity contribution < 1.29 is 9.59 Å². The van der Waals surface area contributed by atoms with Gasteiger partial charge in [-0.2, -0.15) is 5.26 Å². The molecule has 5 nitrogen and oxygen atoms in total. The van der Waals surface area contributed by atoms with Gasteiger partial charge < -0.3 is 11.1 Å². The second-order valence-electron chi connectivity index (χ2n) is 7.32. The van der Waals surface area contributed by atoms with Gasteiger partial charge >= 0.3 is 0 Å². The number of carbonyl (C=O) groups excluding carboxylic acids is 2. The highest BCUT2D eigenvalue weighted by molar-refractivity contribution is 7.18. The van der Waals surface area contributed by atoms with E-state index < -0.39 is 5.41 Å². The van der Waals surface area contributed by atoms with Crippen LogP contribution in [0.1, 0.15) is 63.3 Å². The molecule has 1 atom stereocenters. The van der Waals surface area contributed by atoms with Gasteiger partial charge in [0.1, 0.15) is 5.41 Å². The second-order valence-corrected chi connectivity index (χ2v) is 8.37. The van der Waals surface area contributed by atoms with Gasteiger partial charge in [0.25, 0.3) is 5.91 Å². The number of anilines is 1. The Balaban J connectivity index is 1.70. The van der Waals surface area contributed by atoms with E-state index in [4.69, 9.17) is 5.73 Å². The van der Waals surface area contributed by atoms with E-state index in [9.17, 15) is 14.9 Å². The van der Waals surface area contributed by atoms with Crippen molar-refractivity contribution in [2.75, 3.05) is 5.73 Å². The number of thiophene rings is 1. The van der Waals surface area contributed by atoms with Crippen LogP contribution in [0, 0.1) is 11.3 Å². The van der Waals surface area contributed by atoms with Crippen LogP contribution >= 0.6 is 11.3 Å². The lowest BCUT2D eigenvalue weighted by Gasteiger charge is -2.29. The molecule has 138 valence electrons. The molecule has 1 saturated carbocycles. The Labute approximate surface area is 162 Å². The Morgan fingerprint density at radius 2 is 1.96 bits per heavy atom. The van der Waals surface area contributed by atoms with Crippen LogP contribution in [-0.2, 0) is 11.8 Å². The highest BCUT2D eigenvalue weighted by Gasteiger charge is 2.47. The van der Waals surface area contributed by atoms with Crippen LogP contribution in [-0.4, -0.2) is 17.7 Å². The summed E-state index contributed by atoms with van der Waals surface area (Å²) in [7, 11) is 0.